The minimum Gasteiger partial charge on any atom is -0.493 e. The summed E-state index contributed by atoms with van der Waals surface area (Å²) in [6, 6.07) is 17.9. The monoisotopic (exact) mass is 506 g/mol. The van der Waals surface area contributed by atoms with E-state index in [1.165, 1.54) is 25.5 Å². The Labute approximate surface area is 197 Å². The van der Waals surface area contributed by atoms with Crippen molar-refractivity contribution in [3.05, 3.63) is 92.7 Å². The number of ether oxygens (including phenoxy) is 2. The highest BCUT2D eigenvalue weighted by molar-refractivity contribution is 9.10. The Morgan fingerprint density at radius 3 is 2.67 bits per heavy atom. The normalized spacial score (nSPS) is 10.3. The van der Waals surface area contributed by atoms with E-state index in [0.29, 0.717) is 27.1 Å². The molecule has 0 spiro atoms. The molecule has 33 heavy (non-hydrogen) atoms. The molecule has 0 aliphatic heterocycles. The Bertz CT molecular complexity index is 1310. The molecule has 7 nitrogen and oxygen atoms in total. The fourth-order valence-electron chi connectivity index (χ4n) is 2.85. The molecule has 0 aliphatic carbocycles. The molecule has 0 aliphatic rings. The van der Waals surface area contributed by atoms with Crippen molar-refractivity contribution in [3.63, 3.8) is 0 Å². The zero-order valence-corrected chi connectivity index (χ0v) is 18.9. The number of halogens is 2. The van der Waals surface area contributed by atoms with Crippen molar-refractivity contribution in [1.29, 1.82) is 10.5 Å². The van der Waals surface area contributed by atoms with Gasteiger partial charge in [-0.2, -0.15) is 15.6 Å². The number of amides is 1. The molecule has 0 radical (unpaired) electrons. The number of benzene rings is 3. The molecule has 0 bridgehead atoms. The maximum absolute atomic E-state index is 14.0. The van der Waals surface area contributed by atoms with Gasteiger partial charge in [0.1, 0.15) is 12.4 Å². The first-order chi connectivity index (χ1) is 16.0. The summed E-state index contributed by atoms with van der Waals surface area (Å²) in [7, 11) is 1.48. The van der Waals surface area contributed by atoms with Crippen molar-refractivity contribution in [2.45, 2.75) is 6.61 Å². The number of carbonyl (C=O) groups excluding carboxylic acids is 1. The van der Waals surface area contributed by atoms with E-state index in [1.54, 1.807) is 36.4 Å². The van der Waals surface area contributed by atoms with Crippen LogP contribution < -0.4 is 14.9 Å². The summed E-state index contributed by atoms with van der Waals surface area (Å²) in [5.41, 5.74) is 3.96. The summed E-state index contributed by atoms with van der Waals surface area (Å²) in [5.74, 6) is -0.725. The smallest absolute Gasteiger partial charge is 0.274 e. The standard InChI is InChI=1S/C24H16BrFN4O3/c1-32-22-10-16(13-29-30-24(31)19-7-6-15(11-27)9-21(19)26)8-20(25)23(22)33-14-18-5-3-2-4-17(18)12-28/h2-10,13H,14H2,1H3,(H,30,31)/b29-13+. The van der Waals surface area contributed by atoms with E-state index < -0.39 is 11.7 Å². The lowest BCUT2D eigenvalue weighted by Gasteiger charge is -2.14. The number of methoxy groups -OCH3 is 1. The van der Waals surface area contributed by atoms with E-state index >= 15 is 0 Å². The summed E-state index contributed by atoms with van der Waals surface area (Å²) in [4.78, 5) is 12.1. The lowest BCUT2D eigenvalue weighted by atomic mass is 10.1. The molecule has 1 N–H and O–H groups in total. The molecule has 3 rings (SSSR count). The number of carbonyl (C=O) groups is 1. The van der Waals surface area contributed by atoms with Crippen LogP contribution in [0.2, 0.25) is 0 Å². The molecular weight excluding hydrogens is 491 g/mol. The topological polar surface area (TPSA) is 108 Å². The number of rotatable bonds is 7. The van der Waals surface area contributed by atoms with E-state index in [0.717, 1.165) is 11.6 Å². The third-order valence-corrected chi connectivity index (χ3v) is 5.07. The van der Waals surface area contributed by atoms with Crippen molar-refractivity contribution < 1.29 is 18.7 Å². The average Bonchev–Trinajstić information content (AvgIpc) is 2.82. The highest BCUT2D eigenvalue weighted by atomic mass is 79.9. The number of hydrogen-bond donors (Lipinski definition) is 1. The molecule has 0 saturated carbocycles. The van der Waals surface area contributed by atoms with Gasteiger partial charge < -0.3 is 9.47 Å². The maximum atomic E-state index is 14.0. The van der Waals surface area contributed by atoms with Crippen LogP contribution in [-0.2, 0) is 6.61 Å². The zero-order valence-electron chi connectivity index (χ0n) is 17.3. The van der Waals surface area contributed by atoms with Crippen LogP contribution in [0.1, 0.15) is 32.6 Å². The molecule has 0 saturated heterocycles. The van der Waals surface area contributed by atoms with Crippen LogP contribution in [0.15, 0.2) is 64.2 Å². The number of nitriles is 2. The van der Waals surface area contributed by atoms with Crippen LogP contribution in [0.5, 0.6) is 11.5 Å². The second-order valence-corrected chi connectivity index (χ2v) is 7.45. The molecule has 0 unspecified atom stereocenters. The summed E-state index contributed by atoms with van der Waals surface area (Å²) in [6.07, 6.45) is 1.36. The van der Waals surface area contributed by atoms with Gasteiger partial charge in [-0.05, 0) is 57.9 Å². The Morgan fingerprint density at radius 2 is 1.97 bits per heavy atom. The molecule has 164 valence electrons. The third kappa shape index (κ3) is 5.73. The Kier molecular flexibility index (Phi) is 7.74. The van der Waals surface area contributed by atoms with Crippen LogP contribution in [0.4, 0.5) is 4.39 Å². The lowest BCUT2D eigenvalue weighted by Crippen LogP contribution is -2.19. The highest BCUT2D eigenvalue weighted by Gasteiger charge is 2.14. The molecule has 3 aromatic rings. The first-order valence-corrected chi connectivity index (χ1v) is 10.3. The summed E-state index contributed by atoms with van der Waals surface area (Å²) in [5, 5.41) is 21.9. The second kappa shape index (κ2) is 10.9. The van der Waals surface area contributed by atoms with E-state index in [2.05, 4.69) is 32.5 Å². The van der Waals surface area contributed by atoms with Crippen molar-refractivity contribution in [2.75, 3.05) is 7.11 Å². The quantitative estimate of drug-likeness (QED) is 0.369. The Balaban J connectivity index is 1.72. The van der Waals surface area contributed by atoms with Crippen molar-refractivity contribution in [2.24, 2.45) is 5.10 Å². The molecule has 0 aromatic heterocycles. The summed E-state index contributed by atoms with van der Waals surface area (Å²) < 4.78 is 25.8. The summed E-state index contributed by atoms with van der Waals surface area (Å²) in [6.45, 7) is 0.165. The molecule has 0 fully saturated rings. The van der Waals surface area contributed by atoms with Crippen LogP contribution in [0, 0.1) is 28.5 Å². The molecule has 0 heterocycles. The molecule has 3 aromatic carbocycles. The van der Waals surface area contributed by atoms with Gasteiger partial charge in [-0.25, -0.2) is 9.82 Å². The second-order valence-electron chi connectivity index (χ2n) is 6.60. The Hall–Kier alpha value is -4.21. The van der Waals surface area contributed by atoms with Gasteiger partial charge in [0.25, 0.3) is 5.91 Å². The van der Waals surface area contributed by atoms with Gasteiger partial charge in [-0.3, -0.25) is 4.79 Å². The van der Waals surface area contributed by atoms with E-state index in [4.69, 9.17) is 14.7 Å². The number of nitrogens with zero attached hydrogens (tertiary/aromatic N) is 3. The van der Waals surface area contributed by atoms with Crippen molar-refractivity contribution in [1.82, 2.24) is 5.43 Å². The third-order valence-electron chi connectivity index (χ3n) is 4.48. The van der Waals surface area contributed by atoms with Gasteiger partial charge in [-0.1, -0.05) is 18.2 Å². The minimum atomic E-state index is -0.814. The van der Waals surface area contributed by atoms with E-state index in [1.807, 2.05) is 6.07 Å². The van der Waals surface area contributed by atoms with Gasteiger partial charge in [-0.15, -0.1) is 0 Å². The van der Waals surface area contributed by atoms with Crippen LogP contribution in [-0.4, -0.2) is 19.2 Å². The van der Waals surface area contributed by atoms with Crippen LogP contribution in [0.3, 0.4) is 0 Å². The van der Waals surface area contributed by atoms with Crippen LogP contribution >= 0.6 is 15.9 Å². The maximum Gasteiger partial charge on any atom is 0.274 e. The molecule has 1 amide bonds. The van der Waals surface area contributed by atoms with Gasteiger partial charge in [0, 0.05) is 5.56 Å². The van der Waals surface area contributed by atoms with Gasteiger partial charge >= 0.3 is 0 Å². The molecule has 0 atom stereocenters. The largest absolute Gasteiger partial charge is 0.493 e. The average molecular weight is 507 g/mol. The highest BCUT2D eigenvalue weighted by Crippen LogP contribution is 2.37. The Morgan fingerprint density at radius 1 is 1.18 bits per heavy atom. The SMILES string of the molecule is COc1cc(/C=N/NC(=O)c2ccc(C#N)cc2F)cc(Br)c1OCc1ccccc1C#N. The van der Waals surface area contributed by atoms with Crippen molar-refractivity contribution >= 4 is 28.1 Å². The minimum absolute atomic E-state index is 0.114. The van der Waals surface area contributed by atoms with Gasteiger partial charge in [0.2, 0.25) is 0 Å². The number of nitrogens with one attached hydrogen (secondary N) is 1. The van der Waals surface area contributed by atoms with Gasteiger partial charge in [0.05, 0.1) is 46.6 Å². The number of hydrazone groups is 1. The van der Waals surface area contributed by atoms with Crippen LogP contribution in [0.25, 0.3) is 0 Å². The first-order valence-electron chi connectivity index (χ1n) is 9.48. The fourth-order valence-corrected chi connectivity index (χ4v) is 3.43. The first kappa shape index (κ1) is 23.5. The predicted molar refractivity (Wildman–Crippen MR) is 122 cm³/mol. The zero-order chi connectivity index (χ0) is 23.8. The summed E-state index contributed by atoms with van der Waals surface area (Å²) >= 11 is 3.43. The van der Waals surface area contributed by atoms with E-state index in [9.17, 15) is 14.4 Å². The van der Waals surface area contributed by atoms with E-state index in [-0.39, 0.29) is 17.7 Å². The molecule has 9 heteroatoms. The van der Waals surface area contributed by atoms with Gasteiger partial charge in [0.15, 0.2) is 11.5 Å². The number of hydrogen-bond acceptors (Lipinski definition) is 6. The fraction of sp³-hybridized carbons (Fsp3) is 0.0833. The molecular formula is C24H16BrFN4O3. The van der Waals surface area contributed by atoms with Crippen molar-refractivity contribution in [3.8, 4) is 23.6 Å². The predicted octanol–water partition coefficient (Wildman–Crippen LogP) is 4.68. The lowest BCUT2D eigenvalue weighted by molar-refractivity contribution is 0.0951.